The first kappa shape index (κ1) is 13.5. The van der Waals surface area contributed by atoms with E-state index >= 15 is 0 Å². The van der Waals surface area contributed by atoms with Crippen LogP contribution in [0.2, 0.25) is 0 Å². The average Bonchev–Trinajstić information content (AvgIpc) is 2.85. The smallest absolute Gasteiger partial charge is 0.195 e. The molecule has 0 bridgehead atoms. The summed E-state index contributed by atoms with van der Waals surface area (Å²) in [6.07, 6.45) is 3.74. The molecule has 0 saturated carbocycles. The van der Waals surface area contributed by atoms with Gasteiger partial charge in [-0.05, 0) is 19.3 Å². The summed E-state index contributed by atoms with van der Waals surface area (Å²) in [4.78, 5) is 0. The second-order valence-corrected chi connectivity index (χ2v) is 4.74. The van der Waals surface area contributed by atoms with Crippen molar-refractivity contribution in [2.45, 2.75) is 44.5 Å². The molecule has 0 unspecified atom stereocenters. The fourth-order valence-corrected chi connectivity index (χ4v) is 2.42. The maximum atomic E-state index is 8.79. The summed E-state index contributed by atoms with van der Waals surface area (Å²) in [6, 6.07) is 10.1. The third kappa shape index (κ3) is 2.91. The molecule has 2 rings (SSSR count). The van der Waals surface area contributed by atoms with E-state index in [1.807, 2.05) is 18.2 Å². The number of aliphatic hydroxyl groups excluding tert-OH is 1. The first-order valence-corrected chi connectivity index (χ1v) is 6.79. The van der Waals surface area contributed by atoms with Crippen molar-refractivity contribution < 1.29 is 14.6 Å². The van der Waals surface area contributed by atoms with Gasteiger partial charge in [-0.1, -0.05) is 37.3 Å². The van der Waals surface area contributed by atoms with Gasteiger partial charge in [0, 0.05) is 18.6 Å². The second kappa shape index (κ2) is 6.32. The van der Waals surface area contributed by atoms with E-state index < -0.39 is 5.79 Å². The lowest BCUT2D eigenvalue weighted by molar-refractivity contribution is -0.179. The Morgan fingerprint density at radius 2 is 2.06 bits per heavy atom. The molecule has 0 aliphatic carbocycles. The fraction of sp³-hybridized carbons (Fsp3) is 0.600. The van der Waals surface area contributed by atoms with Gasteiger partial charge >= 0.3 is 0 Å². The molecule has 0 amide bonds. The molecule has 1 aliphatic heterocycles. The van der Waals surface area contributed by atoms with E-state index in [0.29, 0.717) is 6.61 Å². The Balaban J connectivity index is 1.99. The predicted octanol–water partition coefficient (Wildman–Crippen LogP) is 2.83. The molecular formula is C15H22O3. The number of ether oxygens (including phenoxy) is 2. The molecular weight excluding hydrogens is 228 g/mol. The molecule has 3 heteroatoms. The molecule has 0 aromatic heterocycles. The largest absolute Gasteiger partial charge is 0.396 e. The van der Waals surface area contributed by atoms with E-state index in [1.165, 1.54) is 0 Å². The van der Waals surface area contributed by atoms with Gasteiger partial charge in [0.1, 0.15) is 0 Å². The third-order valence-electron chi connectivity index (χ3n) is 3.47. The maximum Gasteiger partial charge on any atom is 0.195 e. The Morgan fingerprint density at radius 1 is 1.28 bits per heavy atom. The van der Waals surface area contributed by atoms with Gasteiger partial charge < -0.3 is 14.6 Å². The highest BCUT2D eigenvalue weighted by atomic mass is 16.7. The van der Waals surface area contributed by atoms with Crippen LogP contribution in [0.4, 0.5) is 0 Å². The van der Waals surface area contributed by atoms with Gasteiger partial charge in [-0.25, -0.2) is 0 Å². The van der Waals surface area contributed by atoms with Crippen molar-refractivity contribution in [3.8, 4) is 0 Å². The van der Waals surface area contributed by atoms with E-state index in [1.54, 1.807) is 0 Å². The zero-order valence-corrected chi connectivity index (χ0v) is 11.0. The maximum absolute atomic E-state index is 8.79. The van der Waals surface area contributed by atoms with Gasteiger partial charge in [-0.2, -0.15) is 0 Å². The lowest BCUT2D eigenvalue weighted by Gasteiger charge is -2.27. The second-order valence-electron chi connectivity index (χ2n) is 4.74. The van der Waals surface area contributed by atoms with Gasteiger partial charge in [0.2, 0.25) is 0 Å². The molecule has 3 nitrogen and oxygen atoms in total. The summed E-state index contributed by atoms with van der Waals surface area (Å²) in [6.45, 7) is 2.99. The summed E-state index contributed by atoms with van der Waals surface area (Å²) in [5, 5.41) is 8.79. The number of benzene rings is 1. The molecule has 18 heavy (non-hydrogen) atoms. The lowest BCUT2D eigenvalue weighted by Crippen LogP contribution is -2.27. The van der Waals surface area contributed by atoms with Crippen molar-refractivity contribution in [1.82, 2.24) is 0 Å². The minimum Gasteiger partial charge on any atom is -0.396 e. The highest BCUT2D eigenvalue weighted by molar-refractivity contribution is 5.21. The Morgan fingerprint density at radius 3 is 2.72 bits per heavy atom. The molecule has 1 aliphatic rings. The van der Waals surface area contributed by atoms with Gasteiger partial charge in [0.15, 0.2) is 5.79 Å². The van der Waals surface area contributed by atoms with Crippen LogP contribution in [0.5, 0.6) is 0 Å². The Bertz CT molecular complexity index is 352. The molecule has 1 N–H and O–H groups in total. The van der Waals surface area contributed by atoms with Crippen LogP contribution in [0.25, 0.3) is 0 Å². The standard InChI is InChI=1S/C15H22O3/c1-2-15(13-8-4-3-5-9-13)17-12-14(18-15)10-6-7-11-16/h3-5,8-9,14,16H,2,6-7,10-12H2,1H3/t14-,15+/m0/s1. The third-order valence-corrected chi connectivity index (χ3v) is 3.47. The highest BCUT2D eigenvalue weighted by Gasteiger charge is 2.41. The topological polar surface area (TPSA) is 38.7 Å². The SMILES string of the molecule is CC[C@@]1(c2ccccc2)OC[C@H](CCCCO)O1. The van der Waals surface area contributed by atoms with Crippen LogP contribution in [0.15, 0.2) is 30.3 Å². The van der Waals surface area contributed by atoms with Crippen molar-refractivity contribution in [2.75, 3.05) is 13.2 Å². The molecule has 0 radical (unpaired) electrons. The number of unbranched alkanes of at least 4 members (excludes halogenated alkanes) is 1. The van der Waals surface area contributed by atoms with Gasteiger partial charge in [0.25, 0.3) is 0 Å². The summed E-state index contributed by atoms with van der Waals surface area (Å²) >= 11 is 0. The fourth-order valence-electron chi connectivity index (χ4n) is 2.42. The van der Waals surface area contributed by atoms with Crippen LogP contribution in [0.3, 0.4) is 0 Å². The zero-order valence-electron chi connectivity index (χ0n) is 11.0. The van der Waals surface area contributed by atoms with E-state index in [0.717, 1.165) is 31.2 Å². The number of hydrogen-bond donors (Lipinski definition) is 1. The van der Waals surface area contributed by atoms with Gasteiger partial charge in [-0.15, -0.1) is 0 Å². The number of rotatable bonds is 6. The quantitative estimate of drug-likeness (QED) is 0.789. The average molecular weight is 250 g/mol. The highest BCUT2D eigenvalue weighted by Crippen LogP contribution is 2.38. The molecule has 1 aromatic carbocycles. The predicted molar refractivity (Wildman–Crippen MR) is 70.2 cm³/mol. The summed E-state index contributed by atoms with van der Waals surface area (Å²) in [5.41, 5.74) is 1.09. The number of hydrogen-bond acceptors (Lipinski definition) is 3. The van der Waals surface area contributed by atoms with Gasteiger partial charge in [0.05, 0.1) is 12.7 Å². The van der Waals surface area contributed by atoms with E-state index in [4.69, 9.17) is 14.6 Å². The van der Waals surface area contributed by atoms with Crippen molar-refractivity contribution in [2.24, 2.45) is 0 Å². The Hall–Kier alpha value is -0.900. The molecule has 2 atom stereocenters. The molecule has 0 spiro atoms. The van der Waals surface area contributed by atoms with Crippen molar-refractivity contribution in [1.29, 1.82) is 0 Å². The Labute approximate surface area is 109 Å². The first-order chi connectivity index (χ1) is 8.80. The van der Waals surface area contributed by atoms with Crippen LogP contribution in [0.1, 0.15) is 38.2 Å². The van der Waals surface area contributed by atoms with Gasteiger partial charge in [-0.3, -0.25) is 0 Å². The van der Waals surface area contributed by atoms with Crippen LogP contribution in [0, 0.1) is 0 Å². The first-order valence-electron chi connectivity index (χ1n) is 6.79. The van der Waals surface area contributed by atoms with Crippen LogP contribution in [-0.2, 0) is 15.3 Å². The minimum atomic E-state index is -0.564. The van der Waals surface area contributed by atoms with Crippen molar-refractivity contribution in [3.05, 3.63) is 35.9 Å². The monoisotopic (exact) mass is 250 g/mol. The zero-order chi connectivity index (χ0) is 12.8. The minimum absolute atomic E-state index is 0.150. The lowest BCUT2D eigenvalue weighted by atomic mass is 10.0. The summed E-state index contributed by atoms with van der Waals surface area (Å²) in [7, 11) is 0. The van der Waals surface area contributed by atoms with Crippen molar-refractivity contribution >= 4 is 0 Å². The van der Waals surface area contributed by atoms with E-state index in [2.05, 4.69) is 19.1 Å². The molecule has 1 heterocycles. The molecule has 100 valence electrons. The van der Waals surface area contributed by atoms with E-state index in [-0.39, 0.29) is 12.7 Å². The summed E-state index contributed by atoms with van der Waals surface area (Å²) in [5.74, 6) is -0.564. The molecule has 1 saturated heterocycles. The summed E-state index contributed by atoms with van der Waals surface area (Å²) < 4.78 is 12.1. The molecule has 1 aromatic rings. The Kier molecular flexibility index (Phi) is 4.75. The van der Waals surface area contributed by atoms with E-state index in [9.17, 15) is 0 Å². The molecule has 1 fully saturated rings. The van der Waals surface area contributed by atoms with Crippen LogP contribution in [-0.4, -0.2) is 24.4 Å². The number of aliphatic hydroxyl groups is 1. The van der Waals surface area contributed by atoms with Crippen LogP contribution < -0.4 is 0 Å². The normalized spacial score (nSPS) is 27.6. The van der Waals surface area contributed by atoms with Crippen molar-refractivity contribution in [3.63, 3.8) is 0 Å². The van der Waals surface area contributed by atoms with Crippen LogP contribution >= 0.6 is 0 Å².